The Hall–Kier alpha value is -3.26. The first kappa shape index (κ1) is 23.0. The first-order valence-electron chi connectivity index (χ1n) is 10.3. The monoisotopic (exact) mass is 408 g/mol. The van der Waals surface area contributed by atoms with Gasteiger partial charge in [0.1, 0.15) is 23.3 Å². The number of aromatic nitrogens is 4. The Morgan fingerprint density at radius 1 is 0.667 bits per heavy atom. The highest BCUT2D eigenvalue weighted by molar-refractivity contribution is 5.36. The van der Waals surface area contributed by atoms with Gasteiger partial charge in [-0.1, -0.05) is 25.7 Å². The summed E-state index contributed by atoms with van der Waals surface area (Å²) in [6.07, 6.45) is 5.60. The van der Waals surface area contributed by atoms with Crippen LogP contribution >= 0.6 is 0 Å². The maximum Gasteiger partial charge on any atom is 0.284 e. The lowest BCUT2D eigenvalue weighted by Gasteiger charge is -2.09. The second kappa shape index (κ2) is 10.5. The molecular formula is C22H28N6O2. The molecule has 0 N–H and O–H groups in total. The van der Waals surface area contributed by atoms with Crippen molar-refractivity contribution in [2.75, 3.05) is 0 Å². The summed E-state index contributed by atoms with van der Waals surface area (Å²) in [4.78, 5) is 24.5. The van der Waals surface area contributed by atoms with Gasteiger partial charge in [-0.2, -0.15) is 20.7 Å². The molecule has 0 saturated carbocycles. The van der Waals surface area contributed by atoms with Crippen LogP contribution in [0.3, 0.4) is 0 Å². The minimum atomic E-state index is -0.316. The topological polar surface area (TPSA) is 117 Å². The molecule has 158 valence electrons. The van der Waals surface area contributed by atoms with Crippen LogP contribution in [0.1, 0.15) is 72.2 Å². The zero-order valence-electron chi connectivity index (χ0n) is 18.2. The molecule has 0 radical (unpaired) electrons. The van der Waals surface area contributed by atoms with E-state index in [1.807, 2.05) is 12.1 Å². The van der Waals surface area contributed by atoms with E-state index in [4.69, 9.17) is 10.5 Å². The Morgan fingerprint density at radius 2 is 1.00 bits per heavy atom. The van der Waals surface area contributed by atoms with Gasteiger partial charge in [-0.05, 0) is 51.7 Å². The predicted molar refractivity (Wildman–Crippen MR) is 113 cm³/mol. The number of hydrogen-bond donors (Lipinski definition) is 0. The van der Waals surface area contributed by atoms with E-state index < -0.39 is 0 Å². The van der Waals surface area contributed by atoms with Crippen molar-refractivity contribution in [3.63, 3.8) is 0 Å². The summed E-state index contributed by atoms with van der Waals surface area (Å²) in [5.41, 5.74) is 2.44. The number of nitrogens with zero attached hydrogens (tertiary/aromatic N) is 6. The van der Waals surface area contributed by atoms with Crippen LogP contribution in [0.25, 0.3) is 0 Å². The third-order valence-corrected chi connectivity index (χ3v) is 5.49. The molecule has 0 spiro atoms. The van der Waals surface area contributed by atoms with Crippen molar-refractivity contribution in [2.45, 2.75) is 79.3 Å². The van der Waals surface area contributed by atoms with Gasteiger partial charge in [-0.3, -0.25) is 9.59 Å². The van der Waals surface area contributed by atoms with Crippen LogP contribution in [0.2, 0.25) is 0 Å². The first-order valence-corrected chi connectivity index (χ1v) is 10.3. The van der Waals surface area contributed by atoms with E-state index in [0.29, 0.717) is 35.6 Å². The van der Waals surface area contributed by atoms with Crippen LogP contribution < -0.4 is 11.1 Å². The van der Waals surface area contributed by atoms with E-state index in [9.17, 15) is 9.59 Å². The van der Waals surface area contributed by atoms with Gasteiger partial charge in [-0.15, -0.1) is 0 Å². The van der Waals surface area contributed by atoms with Gasteiger partial charge >= 0.3 is 0 Å². The summed E-state index contributed by atoms with van der Waals surface area (Å²) in [7, 11) is 0. The maximum atomic E-state index is 12.3. The smallest absolute Gasteiger partial charge is 0.266 e. The van der Waals surface area contributed by atoms with Gasteiger partial charge in [0.2, 0.25) is 0 Å². The summed E-state index contributed by atoms with van der Waals surface area (Å²) in [5.74, 6) is 0. The van der Waals surface area contributed by atoms with Crippen LogP contribution in [0.4, 0.5) is 0 Å². The Kier molecular flexibility index (Phi) is 8.06. The van der Waals surface area contributed by atoms with Crippen molar-refractivity contribution in [1.82, 2.24) is 19.6 Å². The second-order valence-electron chi connectivity index (χ2n) is 7.57. The lowest BCUT2D eigenvalue weighted by Crippen LogP contribution is -2.27. The van der Waals surface area contributed by atoms with Crippen molar-refractivity contribution in [2.24, 2.45) is 0 Å². The molecule has 0 unspecified atom stereocenters. The highest BCUT2D eigenvalue weighted by Crippen LogP contribution is 2.09. The molecule has 0 aliphatic rings. The van der Waals surface area contributed by atoms with Crippen molar-refractivity contribution in [3.8, 4) is 12.1 Å². The van der Waals surface area contributed by atoms with Crippen LogP contribution in [-0.2, 0) is 13.1 Å². The SMILES string of the molecule is Cc1nn(CCCCCCCCn2nc(C)c(C)c(C#N)c2=O)c(=O)c(C#N)c1C. The molecule has 0 aromatic carbocycles. The molecule has 0 aliphatic carbocycles. The average molecular weight is 409 g/mol. The van der Waals surface area contributed by atoms with Crippen LogP contribution in [-0.4, -0.2) is 19.6 Å². The van der Waals surface area contributed by atoms with Crippen molar-refractivity contribution in [1.29, 1.82) is 10.5 Å². The van der Waals surface area contributed by atoms with E-state index in [-0.39, 0.29) is 22.2 Å². The summed E-state index contributed by atoms with van der Waals surface area (Å²) in [6, 6.07) is 3.96. The van der Waals surface area contributed by atoms with Crippen LogP contribution in [0.5, 0.6) is 0 Å². The van der Waals surface area contributed by atoms with Gasteiger partial charge in [0.25, 0.3) is 11.1 Å². The van der Waals surface area contributed by atoms with E-state index in [1.165, 1.54) is 9.36 Å². The third kappa shape index (κ3) is 5.21. The largest absolute Gasteiger partial charge is 0.284 e. The van der Waals surface area contributed by atoms with E-state index in [1.54, 1.807) is 27.7 Å². The van der Waals surface area contributed by atoms with Crippen molar-refractivity contribution >= 4 is 0 Å². The quantitative estimate of drug-likeness (QED) is 0.589. The molecule has 0 atom stereocenters. The molecule has 0 amide bonds. The average Bonchev–Trinajstić information content (AvgIpc) is 2.72. The molecule has 30 heavy (non-hydrogen) atoms. The Bertz CT molecular complexity index is 1030. The minimum Gasteiger partial charge on any atom is -0.266 e. The van der Waals surface area contributed by atoms with E-state index >= 15 is 0 Å². The van der Waals surface area contributed by atoms with Crippen molar-refractivity contribution in [3.05, 3.63) is 54.3 Å². The third-order valence-electron chi connectivity index (χ3n) is 5.49. The van der Waals surface area contributed by atoms with Gasteiger partial charge in [0.05, 0.1) is 11.4 Å². The summed E-state index contributed by atoms with van der Waals surface area (Å²) in [6.45, 7) is 8.12. The number of aryl methyl sites for hydroxylation is 4. The summed E-state index contributed by atoms with van der Waals surface area (Å²) in [5, 5.41) is 26.9. The Balaban J connectivity index is 1.76. The molecular weight excluding hydrogens is 380 g/mol. The second-order valence-corrected chi connectivity index (χ2v) is 7.57. The van der Waals surface area contributed by atoms with Gasteiger partial charge in [-0.25, -0.2) is 9.36 Å². The molecule has 8 nitrogen and oxygen atoms in total. The van der Waals surface area contributed by atoms with Gasteiger partial charge in [0, 0.05) is 13.1 Å². The molecule has 2 aromatic rings. The lowest BCUT2D eigenvalue weighted by molar-refractivity contribution is 0.481. The number of rotatable bonds is 9. The molecule has 2 aromatic heterocycles. The minimum absolute atomic E-state index is 0.178. The first-order chi connectivity index (χ1) is 14.3. The number of unbranched alkanes of at least 4 members (excludes halogenated alkanes) is 5. The van der Waals surface area contributed by atoms with Gasteiger partial charge in [0.15, 0.2) is 0 Å². The van der Waals surface area contributed by atoms with Crippen LogP contribution in [0, 0.1) is 50.4 Å². The zero-order valence-corrected chi connectivity index (χ0v) is 18.2. The molecule has 0 saturated heterocycles. The summed E-state index contributed by atoms with van der Waals surface area (Å²) < 4.78 is 2.79. The zero-order chi connectivity index (χ0) is 22.3. The van der Waals surface area contributed by atoms with Gasteiger partial charge < -0.3 is 0 Å². The fraction of sp³-hybridized carbons (Fsp3) is 0.545. The molecule has 0 fully saturated rings. The van der Waals surface area contributed by atoms with E-state index in [0.717, 1.165) is 38.5 Å². The highest BCUT2D eigenvalue weighted by Gasteiger charge is 2.12. The molecule has 2 heterocycles. The lowest BCUT2D eigenvalue weighted by atomic mass is 10.1. The maximum absolute atomic E-state index is 12.3. The van der Waals surface area contributed by atoms with Crippen molar-refractivity contribution < 1.29 is 0 Å². The number of nitriles is 2. The number of hydrogen-bond acceptors (Lipinski definition) is 6. The Labute approximate surface area is 176 Å². The molecule has 0 bridgehead atoms. The fourth-order valence-electron chi connectivity index (χ4n) is 3.34. The normalized spacial score (nSPS) is 10.6. The van der Waals surface area contributed by atoms with E-state index in [2.05, 4.69) is 10.2 Å². The predicted octanol–water partition coefficient (Wildman–Crippen LogP) is 2.82. The molecule has 2 rings (SSSR count). The molecule has 8 heteroatoms. The highest BCUT2D eigenvalue weighted by atomic mass is 16.1. The molecule has 0 aliphatic heterocycles. The standard InChI is InChI=1S/C22H28N6O2/c1-15-17(3)25-27(21(29)19(15)13-23)11-9-7-5-6-8-10-12-28-22(30)20(14-24)16(2)18(4)26-28/h5-12H2,1-4H3. The Morgan fingerprint density at radius 3 is 1.33 bits per heavy atom. The van der Waals surface area contributed by atoms with Crippen LogP contribution in [0.15, 0.2) is 9.59 Å². The fourth-order valence-corrected chi connectivity index (χ4v) is 3.34. The summed E-state index contributed by atoms with van der Waals surface area (Å²) >= 11 is 0.